The first-order valence-electron chi connectivity index (χ1n) is 21.1. The Labute approximate surface area is 371 Å². The Morgan fingerprint density at radius 3 is 1.78 bits per heavy atom. The Kier molecular flexibility index (Phi) is 8.94. The van der Waals surface area contributed by atoms with Crippen LogP contribution in [0.15, 0.2) is 192 Å². The maximum absolute atomic E-state index is 6.48. The van der Waals surface area contributed by atoms with Gasteiger partial charge < -0.3 is 8.83 Å². The second-order valence-electron chi connectivity index (χ2n) is 15.5. The van der Waals surface area contributed by atoms with Gasteiger partial charge in [-0.05, 0) is 76.3 Å². The number of fused-ring (bicyclic) bond motifs is 7. The summed E-state index contributed by atoms with van der Waals surface area (Å²) in [4.78, 5) is 38.4. The highest BCUT2D eigenvalue weighted by molar-refractivity contribution is 6.18. The molecule has 65 heavy (non-hydrogen) atoms. The van der Waals surface area contributed by atoms with Gasteiger partial charge in [0.15, 0.2) is 23.1 Å². The number of hydrogen-bond donors (Lipinski definition) is 0. The van der Waals surface area contributed by atoms with E-state index in [9.17, 15) is 0 Å². The van der Waals surface area contributed by atoms with E-state index in [0.29, 0.717) is 40.0 Å². The van der Waals surface area contributed by atoms with Crippen LogP contribution in [0.5, 0.6) is 0 Å². The molecule has 5 aromatic heterocycles. The van der Waals surface area contributed by atoms with Crippen molar-refractivity contribution in [3.8, 4) is 56.4 Å². The monoisotopic (exact) mass is 838 g/mol. The van der Waals surface area contributed by atoms with E-state index in [0.717, 1.165) is 93.8 Å². The lowest BCUT2D eigenvalue weighted by atomic mass is 9.90. The molecule has 0 aliphatic heterocycles. The van der Waals surface area contributed by atoms with Crippen molar-refractivity contribution < 1.29 is 8.83 Å². The first kappa shape index (κ1) is 37.7. The van der Waals surface area contributed by atoms with E-state index in [-0.39, 0.29) is 0 Å². The zero-order valence-corrected chi connectivity index (χ0v) is 34.8. The Morgan fingerprint density at radius 1 is 0.477 bits per heavy atom. The first-order chi connectivity index (χ1) is 32.1. The molecule has 0 aliphatic rings. The largest absolute Gasteiger partial charge is 0.456 e. The summed E-state index contributed by atoms with van der Waals surface area (Å²) in [7, 11) is 0. The van der Waals surface area contributed by atoms with Crippen molar-refractivity contribution in [3.05, 3.63) is 189 Å². The average Bonchev–Trinajstić information content (AvgIpc) is 3.95. The quantitative estimate of drug-likeness (QED) is 0.136. The van der Waals surface area contributed by atoms with Gasteiger partial charge in [0.05, 0.1) is 22.1 Å². The summed E-state index contributed by atoms with van der Waals surface area (Å²) in [6.45, 7) is 5.82. The summed E-state index contributed by atoms with van der Waals surface area (Å²) < 4.78 is 12.7. The molecule has 12 aromatic rings. The van der Waals surface area contributed by atoms with Crippen molar-refractivity contribution in [2.24, 2.45) is 0 Å². The third kappa shape index (κ3) is 6.43. The van der Waals surface area contributed by atoms with Crippen LogP contribution in [0.4, 0.5) is 0 Å². The first-order valence-corrected chi connectivity index (χ1v) is 21.1. The highest BCUT2D eigenvalue weighted by Gasteiger charge is 2.20. The van der Waals surface area contributed by atoms with Gasteiger partial charge in [0.1, 0.15) is 16.7 Å². The summed E-state index contributed by atoms with van der Waals surface area (Å²) in [5.41, 5.74) is 13.4. The van der Waals surface area contributed by atoms with E-state index in [1.807, 2.05) is 79.7 Å². The van der Waals surface area contributed by atoms with Gasteiger partial charge in [-0.25, -0.2) is 19.9 Å². The normalized spacial score (nSPS) is 12.2. The van der Waals surface area contributed by atoms with Crippen LogP contribution >= 0.6 is 0 Å². The number of rotatable bonds is 8. The minimum absolute atomic E-state index is 0.484. The summed E-state index contributed by atoms with van der Waals surface area (Å²) in [6, 6.07) is 43.2. The molecule has 306 valence electrons. The predicted octanol–water partition coefficient (Wildman–Crippen LogP) is 13.4. The predicted molar refractivity (Wildman–Crippen MR) is 259 cm³/mol. The molecule has 0 amide bonds. The molecule has 0 fully saturated rings. The van der Waals surface area contributed by atoms with E-state index in [4.69, 9.17) is 28.8 Å². The molecule has 0 spiro atoms. The highest BCUT2D eigenvalue weighted by atomic mass is 16.4. The van der Waals surface area contributed by atoms with Crippen molar-refractivity contribution in [3.63, 3.8) is 0 Å². The molecule has 0 saturated carbocycles. The molecule has 0 bridgehead atoms. The number of furan rings is 1. The second-order valence-corrected chi connectivity index (χ2v) is 15.5. The van der Waals surface area contributed by atoms with Crippen LogP contribution in [-0.4, -0.2) is 39.9 Å². The molecule has 0 unspecified atom stereocenters. The van der Waals surface area contributed by atoms with Gasteiger partial charge in [-0.2, -0.15) is 0 Å². The molecule has 12 rings (SSSR count). The summed E-state index contributed by atoms with van der Waals surface area (Å²) >= 11 is 0. The van der Waals surface area contributed by atoms with Crippen molar-refractivity contribution in [1.82, 2.24) is 39.9 Å². The van der Waals surface area contributed by atoms with E-state index in [1.165, 1.54) is 0 Å². The van der Waals surface area contributed by atoms with Crippen LogP contribution < -0.4 is 0 Å². The maximum atomic E-state index is 6.48. The van der Waals surface area contributed by atoms with Gasteiger partial charge in [-0.3, -0.25) is 19.9 Å². The molecule has 0 saturated heterocycles. The van der Waals surface area contributed by atoms with Crippen molar-refractivity contribution in [2.75, 3.05) is 0 Å². The summed E-state index contributed by atoms with van der Waals surface area (Å²) in [6.07, 6.45) is 14.3. The number of allylic oxidation sites excluding steroid dienone is 5. The molecular weight excluding hydrogens is 805 g/mol. The van der Waals surface area contributed by atoms with E-state index in [1.54, 1.807) is 30.9 Å². The van der Waals surface area contributed by atoms with Crippen LogP contribution in [-0.2, 0) is 0 Å². The number of hydrogen-bond acceptors (Lipinski definition) is 10. The number of aromatic nitrogens is 8. The zero-order valence-electron chi connectivity index (χ0n) is 34.8. The van der Waals surface area contributed by atoms with Crippen LogP contribution in [0.1, 0.15) is 12.8 Å². The van der Waals surface area contributed by atoms with Gasteiger partial charge in [0, 0.05) is 63.9 Å². The SMILES string of the molecule is C=C/C=C(\C=C/C)c1nc2cc3c(cc2o1)oc1cccc(-c2ccc(-c4ccc(-c5nc(-c6cccc7nccnc67)nc(-c6cccc7nccnc67)n5)cc4)c4ccccc24)c13. The molecule has 7 aromatic carbocycles. The number of benzene rings is 7. The van der Waals surface area contributed by atoms with Crippen molar-refractivity contribution >= 4 is 71.5 Å². The minimum atomic E-state index is 0.484. The average molecular weight is 839 g/mol. The van der Waals surface area contributed by atoms with E-state index < -0.39 is 0 Å². The Morgan fingerprint density at radius 2 is 1.09 bits per heavy atom. The van der Waals surface area contributed by atoms with Crippen LogP contribution in [0.2, 0.25) is 0 Å². The summed E-state index contributed by atoms with van der Waals surface area (Å²) in [5.74, 6) is 2.01. The maximum Gasteiger partial charge on any atom is 0.227 e. The lowest BCUT2D eigenvalue weighted by molar-refractivity contribution is 0.584. The van der Waals surface area contributed by atoms with Crippen LogP contribution in [0.3, 0.4) is 0 Å². The molecule has 10 nitrogen and oxygen atoms in total. The minimum Gasteiger partial charge on any atom is -0.456 e. The molecular formula is C55H34N8O2. The smallest absolute Gasteiger partial charge is 0.227 e. The number of oxazole rings is 1. The highest BCUT2D eigenvalue weighted by Crippen LogP contribution is 2.43. The molecule has 0 N–H and O–H groups in total. The van der Waals surface area contributed by atoms with Gasteiger partial charge in [0.2, 0.25) is 5.89 Å². The van der Waals surface area contributed by atoms with E-state index in [2.05, 4.69) is 99.3 Å². The van der Waals surface area contributed by atoms with Gasteiger partial charge >= 0.3 is 0 Å². The molecule has 0 atom stereocenters. The fourth-order valence-electron chi connectivity index (χ4n) is 8.78. The van der Waals surface area contributed by atoms with E-state index >= 15 is 0 Å². The van der Waals surface area contributed by atoms with Crippen LogP contribution in [0, 0.1) is 0 Å². The third-order valence-corrected chi connectivity index (χ3v) is 11.7. The fourth-order valence-corrected chi connectivity index (χ4v) is 8.78. The lowest BCUT2D eigenvalue weighted by Gasteiger charge is -2.14. The zero-order chi connectivity index (χ0) is 43.4. The van der Waals surface area contributed by atoms with Crippen molar-refractivity contribution in [2.45, 2.75) is 6.92 Å². The van der Waals surface area contributed by atoms with Crippen molar-refractivity contribution in [1.29, 1.82) is 0 Å². The topological polar surface area (TPSA) is 129 Å². The summed E-state index contributed by atoms with van der Waals surface area (Å²) in [5, 5.41) is 4.23. The van der Waals surface area contributed by atoms with Gasteiger partial charge in [-0.1, -0.05) is 116 Å². The molecule has 5 heterocycles. The Bertz CT molecular complexity index is 3830. The van der Waals surface area contributed by atoms with Gasteiger partial charge in [-0.15, -0.1) is 0 Å². The lowest BCUT2D eigenvalue weighted by Crippen LogP contribution is -2.02. The Hall–Kier alpha value is -9.02. The number of nitrogens with zero attached hydrogens (tertiary/aromatic N) is 8. The van der Waals surface area contributed by atoms with Crippen LogP contribution in [0.25, 0.3) is 128 Å². The fraction of sp³-hybridized carbons (Fsp3) is 0.0182. The van der Waals surface area contributed by atoms with Gasteiger partial charge in [0.25, 0.3) is 0 Å². The second kappa shape index (κ2) is 15.4. The standard InChI is InChI=1S/C55H34N8O2/c1-3-10-34(11-4-2)55-60-45-30-42-47(31-48(45)65-55)64-46-19-9-14-39(49(42)46)38-25-24-35(36-12-5-6-13-37(36)38)32-20-22-33(23-21-32)52-61-53(40-15-7-17-43-50(40)58-28-26-56-43)63-54(62-52)41-16-8-18-44-51(41)59-29-27-57-44/h3-31H,1H2,2H3/b11-4-,34-10+. The molecule has 0 radical (unpaired) electrons. The Balaban J connectivity index is 0.960. The molecule has 0 aliphatic carbocycles. The third-order valence-electron chi connectivity index (χ3n) is 11.7. The molecule has 10 heteroatoms. The number of para-hydroxylation sites is 2.